The Balaban J connectivity index is 2.33. The van der Waals surface area contributed by atoms with Crippen molar-refractivity contribution in [3.63, 3.8) is 0 Å². The topological polar surface area (TPSA) is 61.8 Å². The fourth-order valence-corrected chi connectivity index (χ4v) is 1.75. The van der Waals surface area contributed by atoms with E-state index in [-0.39, 0.29) is 12.7 Å². The number of carbonyl (C=O) groups is 2. The molecule has 5 heteroatoms. The molecule has 1 aromatic carbocycles. The summed E-state index contributed by atoms with van der Waals surface area (Å²) in [5.41, 5.74) is 0. The Bertz CT molecular complexity index is 482. The van der Waals surface area contributed by atoms with Crippen LogP contribution in [0.25, 0.3) is 0 Å². The fraction of sp³-hybridized carbons (Fsp3) is 0.429. The van der Waals surface area contributed by atoms with Crippen LogP contribution in [0.3, 0.4) is 0 Å². The van der Waals surface area contributed by atoms with E-state index in [1.807, 2.05) is 13.0 Å². The van der Waals surface area contributed by atoms with Crippen molar-refractivity contribution < 1.29 is 23.8 Å². The monoisotopic (exact) mass is 264 g/mol. The second-order valence-electron chi connectivity index (χ2n) is 4.44. The second kappa shape index (κ2) is 5.73. The number of fused-ring (bicyclic) bond motifs is 1. The van der Waals surface area contributed by atoms with Crippen LogP contribution in [0.1, 0.15) is 20.3 Å². The molecule has 0 bridgehead atoms. The van der Waals surface area contributed by atoms with Crippen molar-refractivity contribution in [3.05, 3.63) is 24.3 Å². The van der Waals surface area contributed by atoms with E-state index in [4.69, 9.17) is 14.2 Å². The largest absolute Gasteiger partial charge is 0.487 e. The number of esters is 1. The first kappa shape index (κ1) is 13.4. The lowest BCUT2D eigenvalue weighted by molar-refractivity contribution is -0.156. The zero-order chi connectivity index (χ0) is 13.8. The first-order valence-corrected chi connectivity index (χ1v) is 6.17. The summed E-state index contributed by atoms with van der Waals surface area (Å²) in [7, 11) is 0. The van der Waals surface area contributed by atoms with Crippen LogP contribution >= 0.6 is 0 Å². The summed E-state index contributed by atoms with van der Waals surface area (Å²) in [5, 5.41) is 0. The maximum atomic E-state index is 11.8. The standard InChI is InChI=1S/C14H16O5/c1-9-7-8-17-14(16)13(10(2)15)19-12-6-4-3-5-11(12)18-9/h3-6,9,13H,7-8H2,1-2H3/t9-,13+/m0/s1. The predicted octanol–water partition coefficient (Wildman–Crippen LogP) is 1.74. The van der Waals surface area contributed by atoms with Gasteiger partial charge in [0.25, 0.3) is 6.10 Å². The van der Waals surface area contributed by atoms with Crippen LogP contribution in [0.2, 0.25) is 0 Å². The molecule has 0 radical (unpaired) electrons. The highest BCUT2D eigenvalue weighted by molar-refractivity contribution is 6.01. The smallest absolute Gasteiger partial charge is 0.355 e. The molecule has 1 aliphatic rings. The third-order valence-electron chi connectivity index (χ3n) is 2.77. The normalized spacial score (nSPS) is 23.4. The van der Waals surface area contributed by atoms with Gasteiger partial charge in [0.05, 0.1) is 12.7 Å². The fourth-order valence-electron chi connectivity index (χ4n) is 1.75. The van der Waals surface area contributed by atoms with Gasteiger partial charge < -0.3 is 14.2 Å². The first-order valence-electron chi connectivity index (χ1n) is 6.17. The molecule has 0 fully saturated rings. The first-order chi connectivity index (χ1) is 9.08. The van der Waals surface area contributed by atoms with Crippen molar-refractivity contribution >= 4 is 11.8 Å². The number of ether oxygens (including phenoxy) is 3. The molecule has 0 unspecified atom stereocenters. The van der Waals surface area contributed by atoms with Gasteiger partial charge in [-0.25, -0.2) is 4.79 Å². The molecule has 5 nitrogen and oxygen atoms in total. The molecule has 0 amide bonds. The number of cyclic esters (lactones) is 1. The molecular weight excluding hydrogens is 248 g/mol. The van der Waals surface area contributed by atoms with E-state index in [0.717, 1.165) is 0 Å². The Hall–Kier alpha value is -2.04. The average Bonchev–Trinajstić information content (AvgIpc) is 2.36. The Morgan fingerprint density at radius 1 is 1.21 bits per heavy atom. The molecule has 0 spiro atoms. The van der Waals surface area contributed by atoms with Crippen LogP contribution in [0.4, 0.5) is 0 Å². The molecule has 19 heavy (non-hydrogen) atoms. The molecule has 2 rings (SSSR count). The molecule has 0 saturated heterocycles. The lowest BCUT2D eigenvalue weighted by Gasteiger charge is -2.22. The minimum atomic E-state index is -1.24. The van der Waals surface area contributed by atoms with Gasteiger partial charge in [-0.3, -0.25) is 4.79 Å². The van der Waals surface area contributed by atoms with Crippen molar-refractivity contribution in [1.29, 1.82) is 0 Å². The Morgan fingerprint density at radius 2 is 1.84 bits per heavy atom. The van der Waals surface area contributed by atoms with Crippen molar-refractivity contribution in [2.75, 3.05) is 6.61 Å². The Morgan fingerprint density at radius 3 is 2.47 bits per heavy atom. The third-order valence-corrected chi connectivity index (χ3v) is 2.77. The maximum absolute atomic E-state index is 11.8. The molecule has 0 aliphatic carbocycles. The number of Topliss-reactive ketones (excluding diaryl/α,β-unsaturated/α-hetero) is 1. The van der Waals surface area contributed by atoms with E-state index in [1.165, 1.54) is 6.92 Å². The third kappa shape index (κ3) is 3.24. The highest BCUT2D eigenvalue weighted by atomic mass is 16.6. The zero-order valence-electron chi connectivity index (χ0n) is 10.9. The van der Waals surface area contributed by atoms with Gasteiger partial charge in [0.1, 0.15) is 0 Å². The van der Waals surface area contributed by atoms with Crippen LogP contribution < -0.4 is 9.47 Å². The Kier molecular flexibility index (Phi) is 4.04. The van der Waals surface area contributed by atoms with E-state index in [1.54, 1.807) is 18.2 Å². The van der Waals surface area contributed by atoms with Gasteiger partial charge in [0, 0.05) is 6.42 Å². The highest BCUT2D eigenvalue weighted by Gasteiger charge is 2.29. The van der Waals surface area contributed by atoms with Crippen molar-refractivity contribution in [1.82, 2.24) is 0 Å². The van der Waals surface area contributed by atoms with Gasteiger partial charge in [0.2, 0.25) is 0 Å². The van der Waals surface area contributed by atoms with E-state index in [0.29, 0.717) is 17.9 Å². The second-order valence-corrected chi connectivity index (χ2v) is 4.44. The molecule has 1 heterocycles. The number of ketones is 1. The van der Waals surface area contributed by atoms with Gasteiger partial charge in [0.15, 0.2) is 17.3 Å². The van der Waals surface area contributed by atoms with Gasteiger partial charge in [-0.2, -0.15) is 0 Å². The Labute approximate surface area is 111 Å². The lowest BCUT2D eigenvalue weighted by Crippen LogP contribution is -2.37. The summed E-state index contributed by atoms with van der Waals surface area (Å²) in [6, 6.07) is 6.96. The van der Waals surface area contributed by atoms with Gasteiger partial charge >= 0.3 is 5.97 Å². The molecule has 0 saturated carbocycles. The summed E-state index contributed by atoms with van der Waals surface area (Å²) < 4.78 is 16.2. The average molecular weight is 264 g/mol. The SMILES string of the molecule is CC(=O)[C@H]1Oc2ccccc2O[C@@H](C)CCOC1=O. The lowest BCUT2D eigenvalue weighted by atomic mass is 10.2. The summed E-state index contributed by atoms with van der Waals surface area (Å²) >= 11 is 0. The molecule has 1 aliphatic heterocycles. The predicted molar refractivity (Wildman–Crippen MR) is 67.2 cm³/mol. The van der Waals surface area contributed by atoms with Crippen molar-refractivity contribution in [3.8, 4) is 11.5 Å². The van der Waals surface area contributed by atoms with Gasteiger partial charge in [-0.1, -0.05) is 12.1 Å². The number of hydrogen-bond donors (Lipinski definition) is 0. The molecule has 0 aromatic heterocycles. The number of rotatable bonds is 1. The quantitative estimate of drug-likeness (QED) is 0.571. The van der Waals surface area contributed by atoms with E-state index in [9.17, 15) is 9.59 Å². The molecule has 2 atom stereocenters. The number of benzene rings is 1. The minimum absolute atomic E-state index is 0.105. The number of carbonyl (C=O) groups excluding carboxylic acids is 2. The molecule has 0 N–H and O–H groups in total. The minimum Gasteiger partial charge on any atom is -0.487 e. The van der Waals surface area contributed by atoms with Crippen LogP contribution in [0, 0.1) is 0 Å². The van der Waals surface area contributed by atoms with Crippen molar-refractivity contribution in [2.24, 2.45) is 0 Å². The van der Waals surface area contributed by atoms with Crippen molar-refractivity contribution in [2.45, 2.75) is 32.5 Å². The number of hydrogen-bond acceptors (Lipinski definition) is 5. The van der Waals surface area contributed by atoms with Gasteiger partial charge in [-0.05, 0) is 26.0 Å². The summed E-state index contributed by atoms with van der Waals surface area (Å²) in [6.07, 6.45) is -0.783. The van der Waals surface area contributed by atoms with Gasteiger partial charge in [-0.15, -0.1) is 0 Å². The summed E-state index contributed by atoms with van der Waals surface area (Å²) in [4.78, 5) is 23.3. The molecule has 102 valence electrons. The van der Waals surface area contributed by atoms with E-state index >= 15 is 0 Å². The van der Waals surface area contributed by atoms with E-state index < -0.39 is 17.9 Å². The number of para-hydroxylation sites is 2. The highest BCUT2D eigenvalue weighted by Crippen LogP contribution is 2.29. The zero-order valence-corrected chi connectivity index (χ0v) is 10.9. The van der Waals surface area contributed by atoms with Crippen LogP contribution in [-0.4, -0.2) is 30.6 Å². The molecular formula is C14H16O5. The maximum Gasteiger partial charge on any atom is 0.355 e. The van der Waals surface area contributed by atoms with Crippen LogP contribution in [0.5, 0.6) is 11.5 Å². The summed E-state index contributed by atoms with van der Waals surface area (Å²) in [5.74, 6) is -0.158. The van der Waals surface area contributed by atoms with E-state index in [2.05, 4.69) is 0 Å². The van der Waals surface area contributed by atoms with Crippen LogP contribution in [-0.2, 0) is 14.3 Å². The van der Waals surface area contributed by atoms with Crippen LogP contribution in [0.15, 0.2) is 24.3 Å². The molecule has 1 aromatic rings. The summed E-state index contributed by atoms with van der Waals surface area (Å²) in [6.45, 7) is 3.38.